The predicted molar refractivity (Wildman–Crippen MR) is 127 cm³/mol. The molecule has 0 fully saturated rings. The molecule has 0 aliphatic carbocycles. The molecule has 4 rings (SSSR count). The third kappa shape index (κ3) is 5.04. The van der Waals surface area contributed by atoms with E-state index in [2.05, 4.69) is 26.2 Å². The number of nitrogens with one attached hydrogen (secondary N) is 2. The SMILES string of the molecule is CCOC(=O)C1=C(C)Nc2nnnn2[C@H]1c1ccc(OCC(=O)Nc2ccccc2Cl)c(OC)c1. The van der Waals surface area contributed by atoms with Crippen LogP contribution in [0.15, 0.2) is 53.7 Å². The van der Waals surface area contributed by atoms with Crippen molar-refractivity contribution < 1.29 is 23.8 Å². The van der Waals surface area contributed by atoms with Gasteiger partial charge in [0.15, 0.2) is 18.1 Å². The summed E-state index contributed by atoms with van der Waals surface area (Å²) in [5, 5.41) is 17.9. The molecule has 182 valence electrons. The lowest BCUT2D eigenvalue weighted by molar-refractivity contribution is -0.139. The van der Waals surface area contributed by atoms with E-state index in [-0.39, 0.29) is 19.1 Å². The molecule has 2 heterocycles. The number of aromatic nitrogens is 4. The molecule has 1 aromatic heterocycles. The van der Waals surface area contributed by atoms with Crippen molar-refractivity contribution in [1.29, 1.82) is 0 Å². The highest BCUT2D eigenvalue weighted by atomic mass is 35.5. The Hall–Kier alpha value is -4.12. The number of rotatable bonds is 8. The molecule has 11 nitrogen and oxygen atoms in total. The number of allylic oxidation sites excluding steroid dienone is 1. The summed E-state index contributed by atoms with van der Waals surface area (Å²) < 4.78 is 17.9. The molecule has 2 N–H and O–H groups in total. The van der Waals surface area contributed by atoms with Crippen LogP contribution in [0.1, 0.15) is 25.5 Å². The first-order valence-electron chi connectivity index (χ1n) is 10.7. The van der Waals surface area contributed by atoms with Gasteiger partial charge in [0.25, 0.3) is 5.91 Å². The van der Waals surface area contributed by atoms with E-state index >= 15 is 0 Å². The topological polar surface area (TPSA) is 129 Å². The maximum absolute atomic E-state index is 12.8. The van der Waals surface area contributed by atoms with Crippen molar-refractivity contribution in [2.45, 2.75) is 19.9 Å². The van der Waals surface area contributed by atoms with Crippen molar-refractivity contribution in [1.82, 2.24) is 20.2 Å². The molecule has 1 aliphatic heterocycles. The van der Waals surface area contributed by atoms with Crippen molar-refractivity contribution in [3.05, 3.63) is 64.3 Å². The molecular weight excluding hydrogens is 476 g/mol. The first-order chi connectivity index (χ1) is 16.9. The summed E-state index contributed by atoms with van der Waals surface area (Å²) >= 11 is 6.08. The molecule has 1 amide bonds. The average Bonchev–Trinajstić information content (AvgIpc) is 3.31. The van der Waals surface area contributed by atoms with Crippen LogP contribution in [-0.2, 0) is 14.3 Å². The van der Waals surface area contributed by atoms with Crippen LogP contribution >= 0.6 is 11.6 Å². The largest absolute Gasteiger partial charge is 0.493 e. The van der Waals surface area contributed by atoms with Crippen LogP contribution in [0.4, 0.5) is 11.6 Å². The van der Waals surface area contributed by atoms with Gasteiger partial charge in [-0.15, -0.1) is 0 Å². The van der Waals surface area contributed by atoms with Crippen LogP contribution in [0.5, 0.6) is 11.5 Å². The van der Waals surface area contributed by atoms with Crippen molar-refractivity contribution in [3.63, 3.8) is 0 Å². The van der Waals surface area contributed by atoms with Crippen LogP contribution in [0.2, 0.25) is 5.02 Å². The summed E-state index contributed by atoms with van der Waals surface area (Å²) in [5.41, 5.74) is 2.09. The number of carbonyl (C=O) groups excluding carboxylic acids is 2. The zero-order chi connectivity index (χ0) is 24.9. The Bertz CT molecular complexity index is 1290. The van der Waals surface area contributed by atoms with Crippen LogP contribution in [-0.4, -0.2) is 52.4 Å². The smallest absolute Gasteiger partial charge is 0.338 e. The maximum Gasteiger partial charge on any atom is 0.338 e. The Balaban J connectivity index is 1.58. The third-order valence-corrected chi connectivity index (χ3v) is 5.55. The molecule has 12 heteroatoms. The Morgan fingerprint density at radius 1 is 1.20 bits per heavy atom. The number of fused-ring (bicyclic) bond motifs is 1. The fraction of sp³-hybridized carbons (Fsp3) is 0.261. The molecule has 0 saturated heterocycles. The molecule has 1 aliphatic rings. The van der Waals surface area contributed by atoms with E-state index < -0.39 is 12.0 Å². The van der Waals surface area contributed by atoms with Crippen molar-refractivity contribution in [3.8, 4) is 11.5 Å². The summed E-state index contributed by atoms with van der Waals surface area (Å²) in [4.78, 5) is 25.1. The van der Waals surface area contributed by atoms with Crippen LogP contribution < -0.4 is 20.1 Å². The zero-order valence-corrected chi connectivity index (χ0v) is 20.0. The molecule has 3 aromatic rings. The number of tetrazole rings is 1. The second-order valence-electron chi connectivity index (χ2n) is 7.46. The van der Waals surface area contributed by atoms with Crippen LogP contribution in [0.3, 0.4) is 0 Å². The quantitative estimate of drug-likeness (QED) is 0.449. The molecule has 0 radical (unpaired) electrons. The van der Waals surface area contributed by atoms with Gasteiger partial charge in [0.05, 0.1) is 30.0 Å². The second kappa shape index (κ2) is 10.4. The van der Waals surface area contributed by atoms with Crippen molar-refractivity contribution in [2.75, 3.05) is 31.0 Å². The van der Waals surface area contributed by atoms with Crippen molar-refractivity contribution in [2.24, 2.45) is 0 Å². The van der Waals surface area contributed by atoms with E-state index in [1.54, 1.807) is 56.3 Å². The lowest BCUT2D eigenvalue weighted by Gasteiger charge is -2.27. The lowest BCUT2D eigenvalue weighted by Crippen LogP contribution is -2.29. The minimum Gasteiger partial charge on any atom is -0.493 e. The van der Waals surface area contributed by atoms with Gasteiger partial charge in [-0.1, -0.05) is 34.9 Å². The number of ether oxygens (including phenoxy) is 3. The molecular formula is C23H23ClN6O5. The number of halogens is 1. The van der Waals surface area contributed by atoms with Gasteiger partial charge in [-0.2, -0.15) is 4.68 Å². The highest BCUT2D eigenvalue weighted by Crippen LogP contribution is 2.38. The minimum atomic E-state index is -0.660. The molecule has 0 saturated carbocycles. The van der Waals surface area contributed by atoms with Crippen LogP contribution in [0.25, 0.3) is 0 Å². The summed E-state index contributed by atoms with van der Waals surface area (Å²) in [6.45, 7) is 3.44. The van der Waals surface area contributed by atoms with Gasteiger partial charge in [-0.05, 0) is 54.1 Å². The van der Waals surface area contributed by atoms with E-state index in [1.807, 2.05) is 0 Å². The number of anilines is 2. The number of para-hydroxylation sites is 1. The van der Waals surface area contributed by atoms with E-state index in [0.29, 0.717) is 45.0 Å². The summed E-state index contributed by atoms with van der Waals surface area (Å²) in [7, 11) is 1.48. The average molecular weight is 499 g/mol. The standard InChI is InChI=1S/C23H23ClN6O5/c1-4-34-22(32)20-13(2)25-23-27-28-29-30(23)21(20)14-9-10-17(18(11-14)33-3)35-12-19(31)26-16-8-6-5-7-15(16)24/h5-11,21H,4,12H2,1-3H3,(H,26,31)(H,25,27,29)/t21-/m0/s1. The van der Waals surface area contributed by atoms with E-state index in [9.17, 15) is 9.59 Å². The first kappa shape index (κ1) is 24.0. The predicted octanol–water partition coefficient (Wildman–Crippen LogP) is 3.20. The Labute approximate surface area is 206 Å². The first-order valence-corrected chi connectivity index (χ1v) is 11.1. The van der Waals surface area contributed by atoms with Crippen molar-refractivity contribution >= 4 is 35.1 Å². The van der Waals surface area contributed by atoms with Gasteiger partial charge in [0, 0.05) is 5.70 Å². The Kier molecular flexibility index (Phi) is 7.16. The van der Waals surface area contributed by atoms with E-state index in [0.717, 1.165) is 0 Å². The number of esters is 1. The Morgan fingerprint density at radius 2 is 2.00 bits per heavy atom. The van der Waals surface area contributed by atoms with E-state index in [4.69, 9.17) is 25.8 Å². The van der Waals surface area contributed by atoms with Gasteiger partial charge in [0.1, 0.15) is 6.04 Å². The fourth-order valence-corrected chi connectivity index (χ4v) is 3.84. The highest BCUT2D eigenvalue weighted by Gasteiger charge is 2.35. The zero-order valence-electron chi connectivity index (χ0n) is 19.2. The molecule has 0 bridgehead atoms. The molecule has 2 aromatic carbocycles. The number of hydrogen-bond acceptors (Lipinski definition) is 9. The molecule has 1 atom stereocenters. The molecule has 35 heavy (non-hydrogen) atoms. The van der Waals surface area contributed by atoms with Crippen LogP contribution in [0, 0.1) is 0 Å². The van der Waals surface area contributed by atoms with Gasteiger partial charge >= 0.3 is 5.97 Å². The highest BCUT2D eigenvalue weighted by molar-refractivity contribution is 6.33. The number of carbonyl (C=O) groups is 2. The third-order valence-electron chi connectivity index (χ3n) is 5.22. The number of nitrogens with zero attached hydrogens (tertiary/aromatic N) is 4. The maximum atomic E-state index is 12.8. The molecule has 0 unspecified atom stereocenters. The number of benzene rings is 2. The Morgan fingerprint density at radius 3 is 2.74 bits per heavy atom. The fourth-order valence-electron chi connectivity index (χ4n) is 3.66. The second-order valence-corrected chi connectivity index (χ2v) is 7.87. The summed E-state index contributed by atoms with van der Waals surface area (Å²) in [6, 6.07) is 11.4. The number of methoxy groups -OCH3 is 1. The summed E-state index contributed by atoms with van der Waals surface area (Å²) in [6.07, 6.45) is 0. The monoisotopic (exact) mass is 498 g/mol. The van der Waals surface area contributed by atoms with E-state index in [1.165, 1.54) is 11.8 Å². The minimum absolute atomic E-state index is 0.219. The molecule has 0 spiro atoms. The van der Waals surface area contributed by atoms with Gasteiger partial charge in [0.2, 0.25) is 5.95 Å². The number of hydrogen-bond donors (Lipinski definition) is 2. The van der Waals surface area contributed by atoms with Gasteiger partial charge in [-0.25, -0.2) is 4.79 Å². The van der Waals surface area contributed by atoms with Gasteiger partial charge in [-0.3, -0.25) is 4.79 Å². The normalized spacial score (nSPS) is 14.6. The number of amides is 1. The van der Waals surface area contributed by atoms with Gasteiger partial charge < -0.3 is 24.8 Å². The lowest BCUT2D eigenvalue weighted by atomic mass is 9.95. The summed E-state index contributed by atoms with van der Waals surface area (Å²) in [5.74, 6) is 0.219.